The number of aromatic amines is 2. The molecule has 4 atom stereocenters. The van der Waals surface area contributed by atoms with Crippen molar-refractivity contribution in [3.05, 3.63) is 71.8 Å². The van der Waals surface area contributed by atoms with Gasteiger partial charge < -0.3 is 20.6 Å². The number of imidazole rings is 2. The first kappa shape index (κ1) is 31.1. The maximum absolute atomic E-state index is 14.2. The molecule has 1 spiro atoms. The molecule has 46 heavy (non-hydrogen) atoms. The van der Waals surface area contributed by atoms with Gasteiger partial charge in [-0.15, -0.1) is 0 Å². The fourth-order valence-corrected chi connectivity index (χ4v) is 11.6. The molecule has 4 N–H and O–H groups in total. The Labute approximate surface area is 270 Å². The van der Waals surface area contributed by atoms with E-state index in [0.29, 0.717) is 24.7 Å². The summed E-state index contributed by atoms with van der Waals surface area (Å²) in [6.45, 7) is 5.45. The first-order valence-electron chi connectivity index (χ1n) is 16.6. The molecule has 1 unspecified atom stereocenters. The Kier molecular flexibility index (Phi) is 7.86. The van der Waals surface area contributed by atoms with Crippen molar-refractivity contribution < 1.29 is 18.0 Å². The maximum Gasteiger partial charge on any atom is 0.243 e. The third-order valence-electron chi connectivity index (χ3n) is 12.1. The molecule has 11 nitrogen and oxygen atoms in total. The van der Waals surface area contributed by atoms with Gasteiger partial charge in [0.15, 0.2) is 0 Å². The number of sulfonamides is 1. The molecule has 2 aromatic heterocycles. The highest BCUT2D eigenvalue weighted by atomic mass is 32.2. The molecule has 1 aromatic carbocycles. The fourth-order valence-electron chi connectivity index (χ4n) is 9.30. The molecular formula is C34H45N7O4S. The predicted molar refractivity (Wildman–Crippen MR) is 173 cm³/mol. The van der Waals surface area contributed by atoms with Gasteiger partial charge in [0.05, 0.1) is 24.8 Å². The summed E-state index contributed by atoms with van der Waals surface area (Å²) in [6.07, 6.45) is 12.8. The second-order valence-electron chi connectivity index (χ2n) is 14.8. The van der Waals surface area contributed by atoms with Crippen LogP contribution in [0, 0.1) is 22.2 Å². The molecule has 3 fully saturated rings. The van der Waals surface area contributed by atoms with Crippen molar-refractivity contribution in [3.63, 3.8) is 0 Å². The van der Waals surface area contributed by atoms with Crippen LogP contribution in [0.25, 0.3) is 0 Å². The molecule has 2 bridgehead atoms. The number of carbonyl (C=O) groups is 2. The highest BCUT2D eigenvalue weighted by molar-refractivity contribution is 7.89. The van der Waals surface area contributed by atoms with Gasteiger partial charge >= 0.3 is 0 Å². The third kappa shape index (κ3) is 5.57. The van der Waals surface area contributed by atoms with Gasteiger partial charge in [0.25, 0.3) is 0 Å². The summed E-state index contributed by atoms with van der Waals surface area (Å²) in [5.74, 6) is -0.268. The number of aromatic nitrogens is 4. The summed E-state index contributed by atoms with van der Waals surface area (Å²) < 4.78 is 30.2. The molecule has 0 radical (unpaired) electrons. The van der Waals surface area contributed by atoms with Crippen LogP contribution in [0.3, 0.4) is 0 Å². The molecule has 4 aliphatic rings. The topological polar surface area (TPSA) is 153 Å². The minimum atomic E-state index is -3.58. The number of benzene rings is 1. The van der Waals surface area contributed by atoms with Gasteiger partial charge in [-0.2, -0.15) is 0 Å². The lowest BCUT2D eigenvalue weighted by molar-refractivity contribution is -0.129. The van der Waals surface area contributed by atoms with E-state index in [0.717, 1.165) is 50.6 Å². The molecule has 246 valence electrons. The van der Waals surface area contributed by atoms with Crippen LogP contribution in [0.4, 0.5) is 0 Å². The highest BCUT2D eigenvalue weighted by Gasteiger charge is 2.66. The molecule has 3 heterocycles. The zero-order valence-corrected chi connectivity index (χ0v) is 27.5. The summed E-state index contributed by atoms with van der Waals surface area (Å²) in [5, 5.41) is 6.17. The zero-order valence-electron chi connectivity index (χ0n) is 26.7. The van der Waals surface area contributed by atoms with E-state index in [2.05, 4.69) is 68.7 Å². The van der Waals surface area contributed by atoms with Crippen LogP contribution >= 0.6 is 0 Å². The maximum atomic E-state index is 14.2. The lowest BCUT2D eigenvalue weighted by Gasteiger charge is -2.45. The van der Waals surface area contributed by atoms with Crippen LogP contribution < -0.4 is 10.6 Å². The summed E-state index contributed by atoms with van der Waals surface area (Å²) >= 11 is 0. The van der Waals surface area contributed by atoms with Crippen LogP contribution in [-0.4, -0.2) is 75.4 Å². The van der Waals surface area contributed by atoms with Crippen LogP contribution in [0.5, 0.6) is 0 Å². The molecule has 7 rings (SSSR count). The molecule has 1 aliphatic heterocycles. The van der Waals surface area contributed by atoms with Gasteiger partial charge in [0.2, 0.25) is 21.8 Å². The van der Waals surface area contributed by atoms with E-state index in [-0.39, 0.29) is 47.3 Å². The number of fused-ring (bicyclic) bond motifs is 3. The van der Waals surface area contributed by atoms with Crippen molar-refractivity contribution >= 4 is 21.8 Å². The Morgan fingerprint density at radius 2 is 1.65 bits per heavy atom. The summed E-state index contributed by atoms with van der Waals surface area (Å²) in [7, 11) is -3.58. The molecule has 2 saturated carbocycles. The average Bonchev–Trinajstić information content (AvgIpc) is 3.84. The Morgan fingerprint density at radius 3 is 2.26 bits per heavy atom. The Bertz CT molecular complexity index is 1650. The molecule has 12 heteroatoms. The number of piperidine rings is 1. The number of hydrogen-bond donors (Lipinski definition) is 4. The van der Waals surface area contributed by atoms with E-state index in [9.17, 15) is 18.0 Å². The van der Waals surface area contributed by atoms with Crippen molar-refractivity contribution in [2.45, 2.75) is 83.7 Å². The normalized spacial score (nSPS) is 27.0. The van der Waals surface area contributed by atoms with Crippen molar-refractivity contribution in [1.29, 1.82) is 0 Å². The van der Waals surface area contributed by atoms with Gasteiger partial charge in [0, 0.05) is 54.7 Å². The average molecular weight is 648 g/mol. The quantitative estimate of drug-likeness (QED) is 0.266. The van der Waals surface area contributed by atoms with Gasteiger partial charge in [-0.25, -0.2) is 22.7 Å². The summed E-state index contributed by atoms with van der Waals surface area (Å²) in [6, 6.07) is 7.46. The van der Waals surface area contributed by atoms with E-state index in [4.69, 9.17) is 0 Å². The molecular weight excluding hydrogens is 602 g/mol. The van der Waals surface area contributed by atoms with E-state index in [1.807, 2.05) is 0 Å². The van der Waals surface area contributed by atoms with Crippen LogP contribution in [-0.2, 0) is 45.3 Å². The number of rotatable bonds is 10. The van der Waals surface area contributed by atoms with E-state index in [1.165, 1.54) is 17.5 Å². The van der Waals surface area contributed by atoms with E-state index in [1.54, 1.807) is 23.0 Å². The third-order valence-corrected chi connectivity index (χ3v) is 14.2. The minimum absolute atomic E-state index is 0.0269. The molecule has 2 amide bonds. The molecule has 3 aliphatic carbocycles. The minimum Gasteiger partial charge on any atom is -0.351 e. The number of carbonyl (C=O) groups excluding carboxylic acids is 2. The number of amides is 2. The van der Waals surface area contributed by atoms with Gasteiger partial charge in [-0.05, 0) is 72.8 Å². The Hall–Kier alpha value is -3.51. The molecule has 3 aromatic rings. The van der Waals surface area contributed by atoms with Crippen molar-refractivity contribution in [3.8, 4) is 0 Å². The monoisotopic (exact) mass is 647 g/mol. The number of nitrogens with one attached hydrogen (secondary N) is 4. The summed E-state index contributed by atoms with van der Waals surface area (Å²) in [5.41, 5.74) is 3.49. The zero-order chi connectivity index (χ0) is 32.2. The van der Waals surface area contributed by atoms with E-state index < -0.39 is 21.5 Å². The van der Waals surface area contributed by atoms with Crippen molar-refractivity contribution in [2.24, 2.45) is 22.2 Å². The first-order chi connectivity index (χ1) is 22.0. The van der Waals surface area contributed by atoms with Gasteiger partial charge in [0.1, 0.15) is 6.04 Å². The van der Waals surface area contributed by atoms with Crippen molar-refractivity contribution in [1.82, 2.24) is 34.9 Å². The van der Waals surface area contributed by atoms with Gasteiger partial charge in [-0.1, -0.05) is 38.1 Å². The fraction of sp³-hybridized carbons (Fsp3) is 0.588. The Balaban J connectivity index is 1.06. The van der Waals surface area contributed by atoms with Crippen molar-refractivity contribution in [2.75, 3.05) is 18.8 Å². The van der Waals surface area contributed by atoms with Gasteiger partial charge in [-0.3, -0.25) is 9.59 Å². The van der Waals surface area contributed by atoms with E-state index >= 15 is 0 Å². The number of H-pyrrole nitrogens is 2. The predicted octanol–water partition coefficient (Wildman–Crippen LogP) is 2.92. The largest absolute Gasteiger partial charge is 0.351 e. The second-order valence-corrected chi connectivity index (χ2v) is 16.8. The standard InChI is InChI=1S/C34H45N7O4S/c1-32(2)25-7-8-34(32,20-46(44,45)41-11-9-33(10-12-41)16-23-5-3-4-6-24(23)17-33)29(13-25)40-31(43)28(14-26-18-35-21-37-26)39-30(42)15-27-19-36-22-38-27/h3-6,18-19,21-22,25,28-29H,7-17,20H2,1-2H3,(H,35,37)(H,36,38)(H,39,42)(H,40,43)/t25-,28-,29?,34-/m0/s1. The lowest BCUT2D eigenvalue weighted by Crippen LogP contribution is -2.58. The first-order valence-corrected chi connectivity index (χ1v) is 18.2. The van der Waals surface area contributed by atoms with Crippen LogP contribution in [0.2, 0.25) is 0 Å². The SMILES string of the molecule is CC1(C)[C@H]2CC[C@]1(CS(=O)(=O)N1CCC3(CC1)Cc1ccccc1C3)C(NC(=O)[C@H](Cc1cnc[nH]1)NC(=O)Cc1cnc[nH]1)C2. The number of hydrogen-bond acceptors (Lipinski definition) is 6. The number of nitrogens with zero attached hydrogens (tertiary/aromatic N) is 3. The smallest absolute Gasteiger partial charge is 0.243 e. The van der Waals surface area contributed by atoms with Crippen LogP contribution in [0.1, 0.15) is 68.5 Å². The highest BCUT2D eigenvalue weighted by Crippen LogP contribution is 2.66. The van der Waals surface area contributed by atoms with Crippen LogP contribution in [0.15, 0.2) is 49.3 Å². The lowest BCUT2D eigenvalue weighted by atomic mass is 9.69. The molecule has 1 saturated heterocycles. The second kappa shape index (κ2) is 11.6. The summed E-state index contributed by atoms with van der Waals surface area (Å²) in [4.78, 5) is 40.9. The Morgan fingerprint density at radius 1 is 1.00 bits per heavy atom.